The monoisotopic (exact) mass is 248 g/mol. The van der Waals surface area contributed by atoms with Gasteiger partial charge in [0.1, 0.15) is 0 Å². The summed E-state index contributed by atoms with van der Waals surface area (Å²) in [6, 6.07) is 9.83. The summed E-state index contributed by atoms with van der Waals surface area (Å²) in [6.45, 7) is 6.73. The summed E-state index contributed by atoms with van der Waals surface area (Å²) in [7, 11) is 0. The Balaban J connectivity index is 2.74. The SMILES string of the molecule is CCCC(N)C(=O)N(Cc1ccccc1)C(C)C. The minimum Gasteiger partial charge on any atom is -0.335 e. The normalized spacial score (nSPS) is 12.5. The minimum atomic E-state index is -0.374. The number of rotatable bonds is 6. The van der Waals surface area contributed by atoms with E-state index in [1.54, 1.807) is 0 Å². The maximum Gasteiger partial charge on any atom is 0.240 e. The highest BCUT2D eigenvalue weighted by molar-refractivity contribution is 5.81. The second kappa shape index (κ2) is 7.17. The van der Waals surface area contributed by atoms with Crippen LogP contribution in [0.3, 0.4) is 0 Å². The predicted molar refractivity (Wildman–Crippen MR) is 75.0 cm³/mol. The van der Waals surface area contributed by atoms with Crippen LogP contribution in [0.1, 0.15) is 39.2 Å². The summed E-state index contributed by atoms with van der Waals surface area (Å²) >= 11 is 0. The smallest absolute Gasteiger partial charge is 0.240 e. The first kappa shape index (κ1) is 14.7. The van der Waals surface area contributed by atoms with Crippen LogP contribution in [0.2, 0.25) is 0 Å². The number of amides is 1. The maximum atomic E-state index is 12.3. The summed E-state index contributed by atoms with van der Waals surface area (Å²) in [5, 5.41) is 0. The Morgan fingerprint density at radius 2 is 1.89 bits per heavy atom. The Labute approximate surface area is 110 Å². The van der Waals surface area contributed by atoms with Crippen LogP contribution in [0, 0.1) is 0 Å². The first-order valence-electron chi connectivity index (χ1n) is 6.66. The zero-order chi connectivity index (χ0) is 13.5. The summed E-state index contributed by atoms with van der Waals surface area (Å²) in [5.74, 6) is 0.0516. The molecule has 1 aromatic rings. The Hall–Kier alpha value is -1.35. The van der Waals surface area contributed by atoms with Crippen molar-refractivity contribution in [3.8, 4) is 0 Å². The lowest BCUT2D eigenvalue weighted by Gasteiger charge is -2.29. The lowest BCUT2D eigenvalue weighted by atomic mass is 10.1. The predicted octanol–water partition coefficient (Wildman–Crippen LogP) is 2.55. The zero-order valence-corrected chi connectivity index (χ0v) is 11.6. The molecule has 18 heavy (non-hydrogen) atoms. The van der Waals surface area contributed by atoms with E-state index in [4.69, 9.17) is 5.73 Å². The molecule has 2 N–H and O–H groups in total. The molecule has 0 aliphatic rings. The molecule has 0 saturated heterocycles. The van der Waals surface area contributed by atoms with Gasteiger partial charge in [-0.15, -0.1) is 0 Å². The Morgan fingerprint density at radius 3 is 2.39 bits per heavy atom. The lowest BCUT2D eigenvalue weighted by molar-refractivity contribution is -0.135. The molecular weight excluding hydrogens is 224 g/mol. The molecule has 0 radical (unpaired) electrons. The van der Waals surface area contributed by atoms with Crippen molar-refractivity contribution in [2.75, 3.05) is 0 Å². The summed E-state index contributed by atoms with van der Waals surface area (Å²) < 4.78 is 0. The van der Waals surface area contributed by atoms with Gasteiger partial charge in [-0.2, -0.15) is 0 Å². The molecule has 0 aromatic heterocycles. The van der Waals surface area contributed by atoms with Gasteiger partial charge in [-0.3, -0.25) is 4.79 Å². The minimum absolute atomic E-state index is 0.0516. The van der Waals surface area contributed by atoms with E-state index in [9.17, 15) is 4.79 Å². The number of nitrogens with two attached hydrogens (primary N) is 1. The number of carbonyl (C=O) groups is 1. The van der Waals surface area contributed by atoms with E-state index in [0.29, 0.717) is 6.54 Å². The topological polar surface area (TPSA) is 46.3 Å². The van der Waals surface area contributed by atoms with E-state index >= 15 is 0 Å². The Morgan fingerprint density at radius 1 is 1.28 bits per heavy atom. The highest BCUT2D eigenvalue weighted by Crippen LogP contribution is 2.11. The van der Waals surface area contributed by atoms with Crippen LogP contribution in [-0.2, 0) is 11.3 Å². The highest BCUT2D eigenvalue weighted by Gasteiger charge is 2.22. The lowest BCUT2D eigenvalue weighted by Crippen LogP contribution is -2.46. The molecule has 3 heteroatoms. The molecular formula is C15H24N2O. The van der Waals surface area contributed by atoms with Gasteiger partial charge in [0.05, 0.1) is 6.04 Å². The molecule has 100 valence electrons. The summed E-state index contributed by atoms with van der Waals surface area (Å²) in [6.07, 6.45) is 1.68. The maximum absolute atomic E-state index is 12.3. The molecule has 1 rings (SSSR count). The van der Waals surface area contributed by atoms with E-state index < -0.39 is 0 Å². The third-order valence-electron chi connectivity index (χ3n) is 3.02. The zero-order valence-electron chi connectivity index (χ0n) is 11.6. The molecule has 1 amide bonds. The number of nitrogens with zero attached hydrogens (tertiary/aromatic N) is 1. The van der Waals surface area contributed by atoms with Crippen molar-refractivity contribution in [1.82, 2.24) is 4.90 Å². The van der Waals surface area contributed by atoms with Crippen molar-refractivity contribution in [2.45, 2.75) is 52.2 Å². The third-order valence-corrected chi connectivity index (χ3v) is 3.02. The standard InChI is InChI=1S/C15H24N2O/c1-4-8-14(16)15(18)17(12(2)3)11-13-9-6-5-7-10-13/h5-7,9-10,12,14H,4,8,11,16H2,1-3H3. The largest absolute Gasteiger partial charge is 0.335 e. The van der Waals surface area contributed by atoms with Gasteiger partial charge in [0.25, 0.3) is 0 Å². The molecule has 3 nitrogen and oxygen atoms in total. The van der Waals surface area contributed by atoms with Gasteiger partial charge in [0.2, 0.25) is 5.91 Å². The van der Waals surface area contributed by atoms with Crippen LogP contribution in [0.15, 0.2) is 30.3 Å². The van der Waals surface area contributed by atoms with E-state index in [1.165, 1.54) is 0 Å². The molecule has 0 bridgehead atoms. The van der Waals surface area contributed by atoms with Gasteiger partial charge in [-0.1, -0.05) is 43.7 Å². The molecule has 0 heterocycles. The van der Waals surface area contributed by atoms with Crippen LogP contribution < -0.4 is 5.73 Å². The van der Waals surface area contributed by atoms with Crippen molar-refractivity contribution in [3.63, 3.8) is 0 Å². The van der Waals surface area contributed by atoms with Gasteiger partial charge < -0.3 is 10.6 Å². The first-order valence-corrected chi connectivity index (χ1v) is 6.66. The van der Waals surface area contributed by atoms with Crippen molar-refractivity contribution < 1.29 is 4.79 Å². The van der Waals surface area contributed by atoms with Gasteiger partial charge in [0.15, 0.2) is 0 Å². The number of carbonyl (C=O) groups excluding carboxylic acids is 1. The van der Waals surface area contributed by atoms with Gasteiger partial charge in [-0.25, -0.2) is 0 Å². The number of hydrogen-bond acceptors (Lipinski definition) is 2. The second-order valence-corrected chi connectivity index (χ2v) is 4.94. The number of hydrogen-bond donors (Lipinski definition) is 1. The molecule has 1 aromatic carbocycles. The Bertz CT molecular complexity index is 362. The average Bonchev–Trinajstić information content (AvgIpc) is 2.36. The van der Waals surface area contributed by atoms with Crippen LogP contribution in [0.5, 0.6) is 0 Å². The second-order valence-electron chi connectivity index (χ2n) is 4.94. The molecule has 1 unspecified atom stereocenters. The summed E-state index contributed by atoms with van der Waals surface area (Å²) in [5.41, 5.74) is 7.07. The molecule has 0 aliphatic carbocycles. The van der Waals surface area contributed by atoms with Crippen molar-refractivity contribution >= 4 is 5.91 Å². The van der Waals surface area contributed by atoms with Crippen LogP contribution in [0.4, 0.5) is 0 Å². The number of benzene rings is 1. The fourth-order valence-corrected chi connectivity index (χ4v) is 1.94. The van der Waals surface area contributed by atoms with Gasteiger partial charge in [0, 0.05) is 12.6 Å². The quantitative estimate of drug-likeness (QED) is 0.841. The third kappa shape index (κ3) is 4.15. The van der Waals surface area contributed by atoms with Crippen molar-refractivity contribution in [3.05, 3.63) is 35.9 Å². The Kier molecular flexibility index (Phi) is 5.86. The van der Waals surface area contributed by atoms with E-state index in [2.05, 4.69) is 0 Å². The average molecular weight is 248 g/mol. The van der Waals surface area contributed by atoms with E-state index in [-0.39, 0.29) is 18.0 Å². The molecule has 0 fully saturated rings. The molecule has 0 spiro atoms. The van der Waals surface area contributed by atoms with Crippen molar-refractivity contribution in [2.24, 2.45) is 5.73 Å². The van der Waals surface area contributed by atoms with E-state index in [0.717, 1.165) is 18.4 Å². The van der Waals surface area contributed by atoms with E-state index in [1.807, 2.05) is 56.0 Å². The fourth-order valence-electron chi connectivity index (χ4n) is 1.94. The molecule has 0 aliphatic heterocycles. The van der Waals surface area contributed by atoms with Crippen molar-refractivity contribution in [1.29, 1.82) is 0 Å². The van der Waals surface area contributed by atoms with Crippen LogP contribution >= 0.6 is 0 Å². The van der Waals surface area contributed by atoms with Crippen LogP contribution in [-0.4, -0.2) is 22.9 Å². The fraction of sp³-hybridized carbons (Fsp3) is 0.533. The molecule has 1 atom stereocenters. The van der Waals surface area contributed by atoms with Crippen LogP contribution in [0.25, 0.3) is 0 Å². The summed E-state index contributed by atoms with van der Waals surface area (Å²) in [4.78, 5) is 14.1. The van der Waals surface area contributed by atoms with Gasteiger partial charge >= 0.3 is 0 Å². The van der Waals surface area contributed by atoms with Gasteiger partial charge in [-0.05, 0) is 25.8 Å². The molecule has 0 saturated carbocycles. The highest BCUT2D eigenvalue weighted by atomic mass is 16.2. The first-order chi connectivity index (χ1) is 8.56.